The lowest BCUT2D eigenvalue weighted by Gasteiger charge is -2.14. The molecule has 0 spiro atoms. The molecule has 0 heterocycles. The monoisotopic (exact) mass is 330 g/mol. The Kier molecular flexibility index (Phi) is 5.77. The lowest BCUT2D eigenvalue weighted by atomic mass is 10.1. The maximum absolute atomic E-state index is 12.0. The van der Waals surface area contributed by atoms with Crippen LogP contribution >= 0.6 is 11.6 Å². The number of hydrogen-bond acceptors (Lipinski definition) is 3. The zero-order valence-corrected chi connectivity index (χ0v) is 14.1. The standard InChI is InChI=1S/C18H19ClN2O2/c1-12-6-4-5-7-15(12)11-20-21-18(22)14(3)23-17-9-8-16(19)10-13(17)2/h4-11,14H,1-3H3,(H,21,22). The number of benzene rings is 2. The van der Waals surface area contributed by atoms with Crippen LogP contribution in [0.25, 0.3) is 0 Å². The third kappa shape index (κ3) is 4.83. The van der Waals surface area contributed by atoms with Crippen LogP contribution in [0, 0.1) is 13.8 Å². The summed E-state index contributed by atoms with van der Waals surface area (Å²) in [6, 6.07) is 13.1. The predicted molar refractivity (Wildman–Crippen MR) is 93.2 cm³/mol. The predicted octanol–water partition coefficient (Wildman–Crippen LogP) is 3.87. The summed E-state index contributed by atoms with van der Waals surface area (Å²) in [4.78, 5) is 12.0. The van der Waals surface area contributed by atoms with Gasteiger partial charge in [0, 0.05) is 5.02 Å². The van der Waals surface area contributed by atoms with Crippen LogP contribution in [0.15, 0.2) is 47.6 Å². The van der Waals surface area contributed by atoms with Crippen LogP contribution in [0.3, 0.4) is 0 Å². The lowest BCUT2D eigenvalue weighted by Crippen LogP contribution is -2.33. The van der Waals surface area contributed by atoms with Gasteiger partial charge in [0.1, 0.15) is 5.75 Å². The molecule has 0 aromatic heterocycles. The molecule has 5 heteroatoms. The molecule has 4 nitrogen and oxygen atoms in total. The molecule has 0 saturated carbocycles. The second-order valence-electron chi connectivity index (χ2n) is 5.26. The van der Waals surface area contributed by atoms with Crippen molar-refractivity contribution in [3.63, 3.8) is 0 Å². The minimum atomic E-state index is -0.663. The molecule has 2 rings (SSSR count). The number of amides is 1. The number of rotatable bonds is 5. The number of hydrogen-bond donors (Lipinski definition) is 1. The van der Waals surface area contributed by atoms with Crippen molar-refractivity contribution in [2.24, 2.45) is 5.10 Å². The van der Waals surface area contributed by atoms with E-state index < -0.39 is 6.10 Å². The summed E-state index contributed by atoms with van der Waals surface area (Å²) in [5.41, 5.74) is 5.41. The smallest absolute Gasteiger partial charge is 0.280 e. The van der Waals surface area contributed by atoms with Gasteiger partial charge < -0.3 is 4.74 Å². The van der Waals surface area contributed by atoms with Crippen molar-refractivity contribution in [3.05, 3.63) is 64.2 Å². The number of hydrazone groups is 1. The number of aryl methyl sites for hydroxylation is 2. The van der Waals surface area contributed by atoms with E-state index >= 15 is 0 Å². The summed E-state index contributed by atoms with van der Waals surface area (Å²) in [6.45, 7) is 5.53. The van der Waals surface area contributed by atoms with Gasteiger partial charge in [-0.25, -0.2) is 5.43 Å². The minimum absolute atomic E-state index is 0.316. The van der Waals surface area contributed by atoms with Gasteiger partial charge in [-0.2, -0.15) is 5.10 Å². The second kappa shape index (κ2) is 7.79. The molecule has 2 aromatic carbocycles. The molecule has 1 unspecified atom stereocenters. The first-order chi connectivity index (χ1) is 11.0. The van der Waals surface area contributed by atoms with Crippen LogP contribution in [0.4, 0.5) is 0 Å². The summed E-state index contributed by atoms with van der Waals surface area (Å²) < 4.78 is 5.64. The average molecular weight is 331 g/mol. The number of nitrogens with one attached hydrogen (secondary N) is 1. The van der Waals surface area contributed by atoms with Crippen molar-refractivity contribution < 1.29 is 9.53 Å². The quantitative estimate of drug-likeness (QED) is 0.668. The Bertz CT molecular complexity index is 729. The minimum Gasteiger partial charge on any atom is -0.481 e. The topological polar surface area (TPSA) is 50.7 Å². The van der Waals surface area contributed by atoms with E-state index in [1.165, 1.54) is 0 Å². The zero-order chi connectivity index (χ0) is 16.8. The molecular weight excluding hydrogens is 312 g/mol. The van der Waals surface area contributed by atoms with E-state index in [0.717, 1.165) is 16.7 Å². The third-order valence-electron chi connectivity index (χ3n) is 3.38. The fourth-order valence-corrected chi connectivity index (χ4v) is 2.20. The van der Waals surface area contributed by atoms with E-state index in [2.05, 4.69) is 10.5 Å². The van der Waals surface area contributed by atoms with E-state index in [4.69, 9.17) is 16.3 Å². The van der Waals surface area contributed by atoms with Crippen molar-refractivity contribution in [1.82, 2.24) is 5.43 Å². The number of carbonyl (C=O) groups excluding carboxylic acids is 1. The van der Waals surface area contributed by atoms with Crippen molar-refractivity contribution >= 4 is 23.7 Å². The van der Waals surface area contributed by atoms with Gasteiger partial charge in [0.2, 0.25) is 0 Å². The maximum atomic E-state index is 12.0. The van der Waals surface area contributed by atoms with Crippen LogP contribution in [-0.4, -0.2) is 18.2 Å². The van der Waals surface area contributed by atoms with Crippen LogP contribution < -0.4 is 10.2 Å². The number of ether oxygens (including phenoxy) is 1. The Morgan fingerprint density at radius 2 is 1.96 bits per heavy atom. The Hall–Kier alpha value is -2.33. The fourth-order valence-electron chi connectivity index (χ4n) is 1.98. The molecule has 23 heavy (non-hydrogen) atoms. The number of carbonyl (C=O) groups is 1. The molecule has 0 aliphatic heterocycles. The van der Waals surface area contributed by atoms with Gasteiger partial charge in [-0.3, -0.25) is 4.79 Å². The van der Waals surface area contributed by atoms with E-state index in [-0.39, 0.29) is 5.91 Å². The van der Waals surface area contributed by atoms with Gasteiger partial charge in [0.15, 0.2) is 6.10 Å². The fraction of sp³-hybridized carbons (Fsp3) is 0.222. The molecule has 1 N–H and O–H groups in total. The Morgan fingerprint density at radius 1 is 1.22 bits per heavy atom. The van der Waals surface area contributed by atoms with Crippen molar-refractivity contribution in [1.29, 1.82) is 0 Å². The lowest BCUT2D eigenvalue weighted by molar-refractivity contribution is -0.127. The van der Waals surface area contributed by atoms with E-state index in [1.54, 1.807) is 31.3 Å². The molecule has 1 atom stereocenters. The van der Waals surface area contributed by atoms with E-state index in [0.29, 0.717) is 10.8 Å². The Labute approximate surface area is 141 Å². The van der Waals surface area contributed by atoms with Crippen molar-refractivity contribution in [2.75, 3.05) is 0 Å². The summed E-state index contributed by atoms with van der Waals surface area (Å²) >= 11 is 5.90. The molecular formula is C18H19ClN2O2. The summed E-state index contributed by atoms with van der Waals surface area (Å²) in [5, 5.41) is 4.61. The summed E-state index contributed by atoms with van der Waals surface area (Å²) in [6.07, 6.45) is 0.955. The first kappa shape index (κ1) is 17.0. The molecule has 0 aliphatic carbocycles. The molecule has 1 amide bonds. The highest BCUT2D eigenvalue weighted by Gasteiger charge is 2.15. The Morgan fingerprint density at radius 3 is 2.65 bits per heavy atom. The van der Waals surface area contributed by atoms with Crippen molar-refractivity contribution in [3.8, 4) is 5.75 Å². The highest BCUT2D eigenvalue weighted by atomic mass is 35.5. The maximum Gasteiger partial charge on any atom is 0.280 e. The molecule has 0 fully saturated rings. The summed E-state index contributed by atoms with van der Waals surface area (Å²) in [5.74, 6) is 0.309. The van der Waals surface area contributed by atoms with Gasteiger partial charge >= 0.3 is 0 Å². The number of halogens is 1. The van der Waals surface area contributed by atoms with Crippen LogP contribution in [0.1, 0.15) is 23.6 Å². The second-order valence-corrected chi connectivity index (χ2v) is 5.70. The van der Waals surface area contributed by atoms with Gasteiger partial charge in [-0.15, -0.1) is 0 Å². The van der Waals surface area contributed by atoms with Crippen LogP contribution in [-0.2, 0) is 4.79 Å². The molecule has 0 bridgehead atoms. The van der Waals surface area contributed by atoms with Crippen molar-refractivity contribution in [2.45, 2.75) is 26.9 Å². The average Bonchev–Trinajstić information content (AvgIpc) is 2.51. The number of nitrogens with zero attached hydrogens (tertiary/aromatic N) is 1. The highest BCUT2D eigenvalue weighted by Crippen LogP contribution is 2.22. The van der Waals surface area contributed by atoms with Gasteiger partial charge in [0.25, 0.3) is 5.91 Å². The third-order valence-corrected chi connectivity index (χ3v) is 3.61. The van der Waals surface area contributed by atoms with Gasteiger partial charge in [-0.05, 0) is 55.7 Å². The van der Waals surface area contributed by atoms with Crippen LogP contribution in [0.2, 0.25) is 5.02 Å². The van der Waals surface area contributed by atoms with Crippen LogP contribution in [0.5, 0.6) is 5.75 Å². The van der Waals surface area contributed by atoms with Gasteiger partial charge in [-0.1, -0.05) is 35.9 Å². The summed E-state index contributed by atoms with van der Waals surface area (Å²) in [7, 11) is 0. The first-order valence-corrected chi connectivity index (χ1v) is 7.66. The Balaban J connectivity index is 1.94. The van der Waals surface area contributed by atoms with E-state index in [9.17, 15) is 4.79 Å². The molecule has 0 saturated heterocycles. The van der Waals surface area contributed by atoms with E-state index in [1.807, 2.05) is 38.1 Å². The van der Waals surface area contributed by atoms with Gasteiger partial charge in [0.05, 0.1) is 6.21 Å². The first-order valence-electron chi connectivity index (χ1n) is 7.28. The molecule has 120 valence electrons. The highest BCUT2D eigenvalue weighted by molar-refractivity contribution is 6.30. The normalized spacial score (nSPS) is 12.2. The molecule has 2 aromatic rings. The zero-order valence-electron chi connectivity index (χ0n) is 13.3. The molecule has 0 aliphatic rings. The largest absolute Gasteiger partial charge is 0.481 e. The molecule has 0 radical (unpaired) electrons. The SMILES string of the molecule is Cc1ccccc1C=NNC(=O)C(C)Oc1ccc(Cl)cc1C.